The van der Waals surface area contributed by atoms with Crippen LogP contribution in [0, 0.1) is 17.7 Å². The highest BCUT2D eigenvalue weighted by Gasteiger charge is 2.39. The number of nitrogens with two attached hydrogens (primary N) is 1. The number of fused-ring (bicyclic) bond motifs is 2. The van der Waals surface area contributed by atoms with Gasteiger partial charge in [0.15, 0.2) is 0 Å². The van der Waals surface area contributed by atoms with Crippen molar-refractivity contribution in [1.29, 1.82) is 0 Å². The summed E-state index contributed by atoms with van der Waals surface area (Å²) in [6.07, 6.45) is 5.63. The van der Waals surface area contributed by atoms with Gasteiger partial charge in [-0.3, -0.25) is 0 Å². The maximum absolute atomic E-state index is 13.7. The number of nitrogen functional groups attached to an aromatic ring is 1. The quantitative estimate of drug-likeness (QED) is 0.801. The van der Waals surface area contributed by atoms with E-state index in [9.17, 15) is 4.39 Å². The van der Waals surface area contributed by atoms with Crippen molar-refractivity contribution in [3.05, 3.63) is 53.8 Å². The second kappa shape index (κ2) is 5.55. The largest absolute Gasteiger partial charge is 0.396 e. The summed E-state index contributed by atoms with van der Waals surface area (Å²) in [4.78, 5) is 1.99. The van der Waals surface area contributed by atoms with E-state index in [0.717, 1.165) is 29.1 Å². The van der Waals surface area contributed by atoms with Gasteiger partial charge < -0.3 is 10.6 Å². The molecular formula is C20H23FN2. The number of hydrogen-bond donors (Lipinski definition) is 1. The average molecular weight is 310 g/mol. The number of rotatable bonds is 3. The molecule has 2 bridgehead atoms. The minimum Gasteiger partial charge on any atom is -0.396 e. The molecule has 3 atom stereocenters. The third-order valence-corrected chi connectivity index (χ3v) is 5.82. The fourth-order valence-corrected chi connectivity index (χ4v) is 4.47. The summed E-state index contributed by atoms with van der Waals surface area (Å²) in [7, 11) is 1.96. The molecule has 23 heavy (non-hydrogen) atoms. The van der Waals surface area contributed by atoms with E-state index < -0.39 is 0 Å². The maximum atomic E-state index is 13.7. The smallest absolute Gasteiger partial charge is 0.148 e. The SMILES string of the molecule is CN(c1ccc(C2CC3CCC2C3)cc1)c1ccc(N)c(F)c1. The first-order valence-electron chi connectivity index (χ1n) is 8.50. The Morgan fingerprint density at radius 3 is 2.35 bits per heavy atom. The van der Waals surface area contributed by atoms with E-state index in [0.29, 0.717) is 0 Å². The molecule has 0 heterocycles. The average Bonchev–Trinajstić information content (AvgIpc) is 3.20. The van der Waals surface area contributed by atoms with Gasteiger partial charge in [-0.05, 0) is 72.9 Å². The summed E-state index contributed by atoms with van der Waals surface area (Å²) in [6.45, 7) is 0. The Labute approximate surface area is 137 Å². The lowest BCUT2D eigenvalue weighted by molar-refractivity contribution is 0.420. The molecule has 2 saturated carbocycles. The Balaban J connectivity index is 1.54. The summed E-state index contributed by atoms with van der Waals surface area (Å²) in [5.74, 6) is 2.25. The molecule has 0 amide bonds. The molecule has 0 radical (unpaired) electrons. The first kappa shape index (κ1) is 14.6. The third-order valence-electron chi connectivity index (χ3n) is 5.82. The molecule has 4 rings (SSSR count). The molecule has 0 aliphatic heterocycles. The van der Waals surface area contributed by atoms with Crippen LogP contribution in [0.3, 0.4) is 0 Å². The van der Waals surface area contributed by atoms with Crippen molar-refractivity contribution in [3.63, 3.8) is 0 Å². The van der Waals surface area contributed by atoms with Crippen LogP contribution in [0.25, 0.3) is 0 Å². The van der Waals surface area contributed by atoms with Crippen LogP contribution in [-0.4, -0.2) is 7.05 Å². The number of nitrogens with zero attached hydrogens (tertiary/aromatic N) is 1. The first-order chi connectivity index (χ1) is 11.1. The molecule has 0 aromatic heterocycles. The fraction of sp³-hybridized carbons (Fsp3) is 0.400. The molecule has 2 fully saturated rings. The molecule has 0 saturated heterocycles. The number of hydrogen-bond acceptors (Lipinski definition) is 2. The van der Waals surface area contributed by atoms with Crippen LogP contribution in [0.5, 0.6) is 0 Å². The lowest BCUT2D eigenvalue weighted by Crippen LogP contribution is -2.11. The van der Waals surface area contributed by atoms with E-state index in [1.165, 1.54) is 37.3 Å². The van der Waals surface area contributed by atoms with Crippen molar-refractivity contribution in [3.8, 4) is 0 Å². The molecule has 120 valence electrons. The Kier molecular flexibility index (Phi) is 3.51. The first-order valence-corrected chi connectivity index (χ1v) is 8.50. The molecule has 2 nitrogen and oxygen atoms in total. The zero-order valence-corrected chi connectivity index (χ0v) is 13.5. The van der Waals surface area contributed by atoms with E-state index in [2.05, 4.69) is 24.3 Å². The van der Waals surface area contributed by atoms with Crippen LogP contribution in [0.1, 0.15) is 37.2 Å². The van der Waals surface area contributed by atoms with Gasteiger partial charge in [0.1, 0.15) is 5.82 Å². The Morgan fingerprint density at radius 2 is 1.74 bits per heavy atom. The van der Waals surface area contributed by atoms with Gasteiger partial charge in [0.05, 0.1) is 5.69 Å². The third kappa shape index (κ3) is 2.58. The van der Waals surface area contributed by atoms with Crippen molar-refractivity contribution in [2.24, 2.45) is 11.8 Å². The normalized spacial score (nSPS) is 25.7. The Bertz CT molecular complexity index is 710. The summed E-state index contributed by atoms with van der Waals surface area (Å²) >= 11 is 0. The molecule has 2 aromatic rings. The van der Waals surface area contributed by atoms with Crippen molar-refractivity contribution in [2.75, 3.05) is 17.7 Å². The Morgan fingerprint density at radius 1 is 1.00 bits per heavy atom. The highest BCUT2D eigenvalue weighted by Crippen LogP contribution is 2.52. The highest BCUT2D eigenvalue weighted by molar-refractivity contribution is 5.64. The van der Waals surface area contributed by atoms with Crippen LogP contribution in [0.2, 0.25) is 0 Å². The van der Waals surface area contributed by atoms with E-state index in [-0.39, 0.29) is 11.5 Å². The van der Waals surface area contributed by atoms with Gasteiger partial charge in [0, 0.05) is 18.4 Å². The number of halogens is 1. The second-order valence-electron chi connectivity index (χ2n) is 7.14. The van der Waals surface area contributed by atoms with Gasteiger partial charge in [-0.25, -0.2) is 4.39 Å². The van der Waals surface area contributed by atoms with Gasteiger partial charge in [0.25, 0.3) is 0 Å². The minimum absolute atomic E-state index is 0.189. The molecular weight excluding hydrogens is 287 g/mol. The lowest BCUT2D eigenvalue weighted by atomic mass is 9.83. The highest BCUT2D eigenvalue weighted by atomic mass is 19.1. The van der Waals surface area contributed by atoms with Crippen molar-refractivity contribution < 1.29 is 4.39 Å². The van der Waals surface area contributed by atoms with Crippen LogP contribution in [0.4, 0.5) is 21.5 Å². The van der Waals surface area contributed by atoms with E-state index in [1.807, 2.05) is 18.0 Å². The zero-order chi connectivity index (χ0) is 16.0. The fourth-order valence-electron chi connectivity index (χ4n) is 4.47. The summed E-state index contributed by atoms with van der Waals surface area (Å²) in [6, 6.07) is 13.8. The Hall–Kier alpha value is -2.03. The predicted molar refractivity (Wildman–Crippen MR) is 93.5 cm³/mol. The minimum atomic E-state index is -0.368. The summed E-state index contributed by atoms with van der Waals surface area (Å²) in [5.41, 5.74) is 9.09. The summed E-state index contributed by atoms with van der Waals surface area (Å²) < 4.78 is 13.7. The van der Waals surface area contributed by atoms with Crippen LogP contribution in [0.15, 0.2) is 42.5 Å². The molecule has 0 spiro atoms. The van der Waals surface area contributed by atoms with Crippen molar-refractivity contribution in [1.82, 2.24) is 0 Å². The van der Waals surface area contributed by atoms with Crippen LogP contribution < -0.4 is 10.6 Å². The van der Waals surface area contributed by atoms with Gasteiger partial charge in [-0.15, -0.1) is 0 Å². The number of benzene rings is 2. The maximum Gasteiger partial charge on any atom is 0.148 e. The monoisotopic (exact) mass is 310 g/mol. The van der Waals surface area contributed by atoms with Crippen LogP contribution >= 0.6 is 0 Å². The van der Waals surface area contributed by atoms with Crippen LogP contribution in [-0.2, 0) is 0 Å². The standard InChI is InChI=1S/C20H23FN2/c1-23(17-8-9-20(22)19(21)12-17)16-6-4-14(5-7-16)18-11-13-2-3-15(18)10-13/h4-9,12-13,15,18H,2-3,10-11,22H2,1H3. The van der Waals surface area contributed by atoms with E-state index >= 15 is 0 Å². The molecule has 2 N–H and O–H groups in total. The molecule has 3 unspecified atom stereocenters. The van der Waals surface area contributed by atoms with Gasteiger partial charge in [-0.1, -0.05) is 18.6 Å². The van der Waals surface area contributed by atoms with E-state index in [4.69, 9.17) is 5.73 Å². The van der Waals surface area contributed by atoms with Gasteiger partial charge in [-0.2, -0.15) is 0 Å². The van der Waals surface area contributed by atoms with Crippen molar-refractivity contribution >= 4 is 17.1 Å². The van der Waals surface area contributed by atoms with Gasteiger partial charge >= 0.3 is 0 Å². The molecule has 2 aliphatic carbocycles. The lowest BCUT2D eigenvalue weighted by Gasteiger charge is -2.24. The zero-order valence-electron chi connectivity index (χ0n) is 13.5. The van der Waals surface area contributed by atoms with E-state index in [1.54, 1.807) is 6.07 Å². The molecule has 2 aromatic carbocycles. The topological polar surface area (TPSA) is 29.3 Å². The molecule has 3 heteroatoms. The van der Waals surface area contributed by atoms with Crippen molar-refractivity contribution in [2.45, 2.75) is 31.6 Å². The number of anilines is 3. The van der Waals surface area contributed by atoms with Gasteiger partial charge in [0.2, 0.25) is 0 Å². The predicted octanol–water partition coefficient (Wildman–Crippen LogP) is 5.08. The summed E-state index contributed by atoms with van der Waals surface area (Å²) in [5, 5.41) is 0. The second-order valence-corrected chi connectivity index (χ2v) is 7.14. The molecule has 2 aliphatic rings.